The first kappa shape index (κ1) is 23.3. The Balaban J connectivity index is 1.39. The van der Waals surface area contributed by atoms with E-state index in [1.807, 2.05) is 72.8 Å². The van der Waals surface area contributed by atoms with E-state index in [0.29, 0.717) is 12.8 Å². The summed E-state index contributed by atoms with van der Waals surface area (Å²) in [6.45, 7) is 0.659. The van der Waals surface area contributed by atoms with Crippen LogP contribution in [-0.2, 0) is 31.6 Å². The maximum Gasteiger partial charge on any atom is 0.316 e. The lowest BCUT2D eigenvalue weighted by Crippen LogP contribution is -2.49. The molecule has 0 atom stereocenters. The summed E-state index contributed by atoms with van der Waals surface area (Å²) in [5.74, 6) is -0.312. The fourth-order valence-electron chi connectivity index (χ4n) is 4.92. The highest BCUT2D eigenvalue weighted by atomic mass is 32.2. The molecule has 0 N–H and O–H groups in total. The average Bonchev–Trinajstić information content (AvgIpc) is 2.92. The Morgan fingerprint density at radius 2 is 1.37 bits per heavy atom. The van der Waals surface area contributed by atoms with Crippen molar-refractivity contribution in [3.05, 3.63) is 114 Å². The van der Waals surface area contributed by atoms with E-state index in [0.717, 1.165) is 21.9 Å². The number of ether oxygens (including phenoxy) is 1. The average molecular weight is 486 g/mol. The van der Waals surface area contributed by atoms with Gasteiger partial charge in [-0.3, -0.25) is 4.79 Å². The third-order valence-electron chi connectivity index (χ3n) is 6.91. The van der Waals surface area contributed by atoms with Crippen molar-refractivity contribution in [3.8, 4) is 0 Å². The summed E-state index contributed by atoms with van der Waals surface area (Å²) in [4.78, 5) is 13.9. The van der Waals surface area contributed by atoms with E-state index < -0.39 is 15.4 Å². The molecule has 1 aliphatic rings. The third kappa shape index (κ3) is 4.47. The van der Waals surface area contributed by atoms with Gasteiger partial charge in [0.05, 0.1) is 10.3 Å². The Morgan fingerprint density at radius 3 is 2.09 bits per heavy atom. The summed E-state index contributed by atoms with van der Waals surface area (Å²) in [7, 11) is -3.62. The van der Waals surface area contributed by atoms with Gasteiger partial charge in [-0.25, -0.2) is 8.42 Å². The molecule has 5 rings (SSSR count). The van der Waals surface area contributed by atoms with E-state index in [-0.39, 0.29) is 30.6 Å². The summed E-state index contributed by atoms with van der Waals surface area (Å²) in [6, 6.07) is 32.0. The van der Waals surface area contributed by atoms with Crippen molar-refractivity contribution in [1.82, 2.24) is 4.31 Å². The standard InChI is InChI=1S/C29H27NO4S/c31-28(34-22-24-12-9-11-23-10-7-8-17-27(23)24)29(25-13-3-1-4-14-25)18-20-30(21-19-29)35(32,33)26-15-5-2-6-16-26/h1-17H,18-22H2. The van der Waals surface area contributed by atoms with E-state index in [1.54, 1.807) is 30.3 Å². The molecule has 4 aromatic rings. The lowest BCUT2D eigenvalue weighted by molar-refractivity contribution is -0.153. The quantitative estimate of drug-likeness (QED) is 0.348. The highest BCUT2D eigenvalue weighted by Crippen LogP contribution is 2.38. The molecule has 0 aliphatic carbocycles. The van der Waals surface area contributed by atoms with Crippen molar-refractivity contribution in [1.29, 1.82) is 0 Å². The zero-order valence-electron chi connectivity index (χ0n) is 19.3. The third-order valence-corrected chi connectivity index (χ3v) is 8.83. The second-order valence-corrected chi connectivity index (χ2v) is 10.8. The van der Waals surface area contributed by atoms with Crippen LogP contribution in [0.1, 0.15) is 24.0 Å². The second-order valence-electron chi connectivity index (χ2n) is 8.88. The van der Waals surface area contributed by atoms with Gasteiger partial charge in [-0.15, -0.1) is 0 Å². The molecule has 1 fully saturated rings. The SMILES string of the molecule is O=C(OCc1cccc2ccccc12)C1(c2ccccc2)CCN(S(=O)(=O)c2ccccc2)CC1. The van der Waals surface area contributed by atoms with Gasteiger partial charge < -0.3 is 4.74 Å². The van der Waals surface area contributed by atoms with Gasteiger partial charge in [0.15, 0.2) is 0 Å². The molecule has 5 nitrogen and oxygen atoms in total. The number of esters is 1. The maximum atomic E-state index is 13.7. The van der Waals surface area contributed by atoms with Crippen molar-refractivity contribution < 1.29 is 17.9 Å². The molecule has 0 amide bonds. The Labute approximate surface area is 206 Å². The van der Waals surface area contributed by atoms with Crippen molar-refractivity contribution in [3.63, 3.8) is 0 Å². The van der Waals surface area contributed by atoms with Gasteiger partial charge in [0.25, 0.3) is 0 Å². The summed E-state index contributed by atoms with van der Waals surface area (Å²) in [6.07, 6.45) is 0.717. The predicted molar refractivity (Wildman–Crippen MR) is 136 cm³/mol. The number of hydrogen-bond acceptors (Lipinski definition) is 4. The molecule has 0 aromatic heterocycles. The van der Waals surface area contributed by atoms with Crippen LogP contribution in [0.4, 0.5) is 0 Å². The molecule has 35 heavy (non-hydrogen) atoms. The predicted octanol–water partition coefficient (Wildman–Crippen LogP) is 5.31. The molecule has 0 unspecified atom stereocenters. The number of fused-ring (bicyclic) bond motifs is 1. The Kier molecular flexibility index (Phi) is 6.41. The first-order valence-electron chi connectivity index (χ1n) is 11.8. The molecule has 0 bridgehead atoms. The molecule has 4 aromatic carbocycles. The van der Waals surface area contributed by atoms with Crippen molar-refractivity contribution in [2.75, 3.05) is 13.1 Å². The van der Waals surface area contributed by atoms with Gasteiger partial charge in [0.2, 0.25) is 10.0 Å². The number of rotatable bonds is 6. The van der Waals surface area contributed by atoms with E-state index >= 15 is 0 Å². The van der Waals surface area contributed by atoms with Crippen LogP contribution in [0.25, 0.3) is 10.8 Å². The van der Waals surface area contributed by atoms with Gasteiger partial charge in [-0.05, 0) is 46.9 Å². The van der Waals surface area contributed by atoms with E-state index in [1.165, 1.54) is 4.31 Å². The summed E-state index contributed by atoms with van der Waals surface area (Å²) < 4.78 is 33.7. The summed E-state index contributed by atoms with van der Waals surface area (Å²) in [5.41, 5.74) is 0.914. The zero-order valence-corrected chi connectivity index (χ0v) is 20.2. The number of benzene rings is 4. The lowest BCUT2D eigenvalue weighted by Gasteiger charge is -2.39. The van der Waals surface area contributed by atoms with Crippen molar-refractivity contribution in [2.24, 2.45) is 0 Å². The number of carbonyl (C=O) groups is 1. The molecule has 178 valence electrons. The molecule has 0 saturated carbocycles. The highest BCUT2D eigenvalue weighted by molar-refractivity contribution is 7.89. The fourth-order valence-corrected chi connectivity index (χ4v) is 6.38. The van der Waals surface area contributed by atoms with Crippen LogP contribution in [0.3, 0.4) is 0 Å². The number of carbonyl (C=O) groups excluding carboxylic acids is 1. The topological polar surface area (TPSA) is 63.7 Å². The number of hydrogen-bond donors (Lipinski definition) is 0. The van der Waals surface area contributed by atoms with Crippen LogP contribution in [0, 0.1) is 0 Å². The van der Waals surface area contributed by atoms with Crippen LogP contribution >= 0.6 is 0 Å². The van der Waals surface area contributed by atoms with Crippen molar-refractivity contribution in [2.45, 2.75) is 29.8 Å². The van der Waals surface area contributed by atoms with Gasteiger partial charge in [0, 0.05) is 13.1 Å². The van der Waals surface area contributed by atoms with Gasteiger partial charge >= 0.3 is 5.97 Å². The Hall–Kier alpha value is -3.48. The van der Waals surface area contributed by atoms with Crippen LogP contribution in [-0.4, -0.2) is 31.8 Å². The lowest BCUT2D eigenvalue weighted by atomic mass is 9.73. The largest absolute Gasteiger partial charge is 0.460 e. The van der Waals surface area contributed by atoms with Crippen LogP contribution in [0.15, 0.2) is 108 Å². The Morgan fingerprint density at radius 1 is 0.771 bits per heavy atom. The first-order valence-corrected chi connectivity index (χ1v) is 13.2. The maximum absolute atomic E-state index is 13.7. The zero-order chi connectivity index (χ0) is 24.3. The minimum atomic E-state index is -3.62. The minimum Gasteiger partial charge on any atom is -0.460 e. The van der Waals surface area contributed by atoms with Gasteiger partial charge in [0.1, 0.15) is 6.61 Å². The van der Waals surface area contributed by atoms with E-state index in [2.05, 4.69) is 0 Å². The fraction of sp³-hybridized carbons (Fsp3) is 0.207. The normalized spacial score (nSPS) is 16.1. The molecule has 6 heteroatoms. The number of nitrogens with zero attached hydrogens (tertiary/aromatic N) is 1. The van der Waals surface area contributed by atoms with Crippen LogP contribution < -0.4 is 0 Å². The van der Waals surface area contributed by atoms with Crippen LogP contribution in [0.5, 0.6) is 0 Å². The number of sulfonamides is 1. The van der Waals surface area contributed by atoms with Crippen LogP contribution in [0.2, 0.25) is 0 Å². The van der Waals surface area contributed by atoms with Gasteiger partial charge in [-0.2, -0.15) is 4.31 Å². The highest BCUT2D eigenvalue weighted by Gasteiger charge is 2.46. The molecular formula is C29H27NO4S. The number of piperidine rings is 1. The van der Waals surface area contributed by atoms with E-state index in [9.17, 15) is 13.2 Å². The monoisotopic (exact) mass is 485 g/mol. The Bertz CT molecular complexity index is 1420. The second kappa shape index (κ2) is 9.64. The van der Waals surface area contributed by atoms with Crippen molar-refractivity contribution >= 4 is 26.8 Å². The molecule has 0 radical (unpaired) electrons. The molecule has 1 aliphatic heterocycles. The summed E-state index contributed by atoms with van der Waals surface area (Å²) >= 11 is 0. The summed E-state index contributed by atoms with van der Waals surface area (Å²) in [5, 5.41) is 2.15. The van der Waals surface area contributed by atoms with E-state index in [4.69, 9.17) is 4.74 Å². The van der Waals surface area contributed by atoms with Gasteiger partial charge in [-0.1, -0.05) is 91.0 Å². The molecule has 0 spiro atoms. The first-order chi connectivity index (χ1) is 17.0. The molecular weight excluding hydrogens is 458 g/mol. The molecule has 1 saturated heterocycles. The smallest absolute Gasteiger partial charge is 0.316 e. The minimum absolute atomic E-state index is 0.167. The molecule has 1 heterocycles.